The summed E-state index contributed by atoms with van der Waals surface area (Å²) in [4.78, 5) is 39.9. The SMILES string of the molecule is Cc1ccc(C(CC(=O)c2ccccc2)CC(C(=O)OCc2ccccc2)C(=O)OCc2ccccc2)cc1. The molecule has 0 aliphatic heterocycles. The molecule has 1 atom stereocenters. The fourth-order valence-electron chi connectivity index (χ4n) is 4.37. The standard InChI is InChI=1S/C34H32O5/c1-25-17-19-28(20-18-25)30(22-32(35)29-15-9-4-10-16-29)21-31(33(36)38-23-26-11-5-2-6-12-26)34(37)39-24-27-13-7-3-8-14-27/h2-20,30-31H,21-24H2,1H3. The Bertz CT molecular complexity index is 1290. The molecule has 39 heavy (non-hydrogen) atoms. The molecule has 4 aromatic rings. The predicted octanol–water partition coefficient (Wildman–Crippen LogP) is 6.84. The van der Waals surface area contributed by atoms with Crippen LogP contribution in [0, 0.1) is 12.8 Å². The highest BCUT2D eigenvalue weighted by atomic mass is 16.6. The van der Waals surface area contributed by atoms with Crippen LogP contribution in [0.3, 0.4) is 0 Å². The van der Waals surface area contributed by atoms with E-state index in [0.717, 1.165) is 22.3 Å². The molecule has 0 fully saturated rings. The Morgan fingerprint density at radius 3 is 1.56 bits per heavy atom. The van der Waals surface area contributed by atoms with E-state index in [1.54, 1.807) is 12.1 Å². The van der Waals surface area contributed by atoms with Crippen LogP contribution in [-0.2, 0) is 32.3 Å². The molecule has 0 N–H and O–H groups in total. The van der Waals surface area contributed by atoms with Crippen LogP contribution in [0.25, 0.3) is 0 Å². The fraction of sp³-hybridized carbons (Fsp3) is 0.206. The third kappa shape index (κ3) is 8.24. The smallest absolute Gasteiger partial charge is 0.320 e. The number of hydrogen-bond acceptors (Lipinski definition) is 5. The summed E-state index contributed by atoms with van der Waals surface area (Å²) in [6, 6.07) is 35.5. The minimum atomic E-state index is -1.19. The number of ether oxygens (including phenoxy) is 2. The molecular formula is C34H32O5. The third-order valence-corrected chi connectivity index (χ3v) is 6.61. The van der Waals surface area contributed by atoms with Gasteiger partial charge in [-0.25, -0.2) is 0 Å². The van der Waals surface area contributed by atoms with Gasteiger partial charge < -0.3 is 9.47 Å². The second-order valence-electron chi connectivity index (χ2n) is 9.58. The van der Waals surface area contributed by atoms with Crippen LogP contribution in [-0.4, -0.2) is 17.7 Å². The molecular weight excluding hydrogens is 488 g/mol. The molecule has 0 spiro atoms. The first kappa shape index (κ1) is 27.5. The average molecular weight is 521 g/mol. The number of carbonyl (C=O) groups is 3. The van der Waals surface area contributed by atoms with Gasteiger partial charge in [0.1, 0.15) is 13.2 Å². The second-order valence-corrected chi connectivity index (χ2v) is 9.58. The molecule has 5 heteroatoms. The Balaban J connectivity index is 1.57. The van der Waals surface area contributed by atoms with Crippen molar-refractivity contribution in [3.63, 3.8) is 0 Å². The summed E-state index contributed by atoms with van der Waals surface area (Å²) in [5, 5.41) is 0. The van der Waals surface area contributed by atoms with Crippen molar-refractivity contribution in [3.8, 4) is 0 Å². The molecule has 0 saturated heterocycles. The lowest BCUT2D eigenvalue weighted by Crippen LogP contribution is -2.30. The lowest BCUT2D eigenvalue weighted by atomic mass is 9.84. The maximum atomic E-state index is 13.3. The van der Waals surface area contributed by atoms with Crippen LogP contribution in [0.2, 0.25) is 0 Å². The van der Waals surface area contributed by atoms with Gasteiger partial charge in [-0.3, -0.25) is 14.4 Å². The highest BCUT2D eigenvalue weighted by molar-refractivity contribution is 5.97. The fourth-order valence-corrected chi connectivity index (χ4v) is 4.37. The zero-order chi connectivity index (χ0) is 27.5. The Morgan fingerprint density at radius 1 is 0.615 bits per heavy atom. The van der Waals surface area contributed by atoms with E-state index < -0.39 is 23.8 Å². The molecule has 0 aromatic heterocycles. The lowest BCUT2D eigenvalue weighted by Gasteiger charge is -2.22. The average Bonchev–Trinajstić information content (AvgIpc) is 2.98. The van der Waals surface area contributed by atoms with E-state index >= 15 is 0 Å². The molecule has 4 rings (SSSR count). The molecule has 4 aromatic carbocycles. The molecule has 0 radical (unpaired) electrons. The van der Waals surface area contributed by atoms with Crippen molar-refractivity contribution < 1.29 is 23.9 Å². The van der Waals surface area contributed by atoms with Crippen molar-refractivity contribution >= 4 is 17.7 Å². The van der Waals surface area contributed by atoms with E-state index in [0.29, 0.717) is 5.56 Å². The van der Waals surface area contributed by atoms with Crippen molar-refractivity contribution in [2.45, 2.75) is 38.9 Å². The summed E-state index contributed by atoms with van der Waals surface area (Å²) in [6.07, 6.45) is 0.227. The Morgan fingerprint density at radius 2 is 1.08 bits per heavy atom. The number of carbonyl (C=O) groups excluding carboxylic acids is 3. The highest BCUT2D eigenvalue weighted by Crippen LogP contribution is 2.31. The number of ketones is 1. The van der Waals surface area contributed by atoms with E-state index in [1.807, 2.05) is 110 Å². The quantitative estimate of drug-likeness (QED) is 0.116. The largest absolute Gasteiger partial charge is 0.460 e. The Labute approximate surface area is 229 Å². The number of aryl methyl sites for hydroxylation is 1. The number of benzene rings is 4. The monoisotopic (exact) mass is 520 g/mol. The summed E-state index contributed by atoms with van der Waals surface area (Å²) in [6.45, 7) is 2.07. The van der Waals surface area contributed by atoms with Crippen LogP contribution < -0.4 is 0 Å². The van der Waals surface area contributed by atoms with Crippen molar-refractivity contribution in [2.24, 2.45) is 5.92 Å². The van der Waals surface area contributed by atoms with E-state index in [1.165, 1.54) is 0 Å². The number of hydrogen-bond donors (Lipinski definition) is 0. The van der Waals surface area contributed by atoms with Gasteiger partial charge in [-0.2, -0.15) is 0 Å². The maximum absolute atomic E-state index is 13.3. The van der Waals surface area contributed by atoms with Crippen LogP contribution >= 0.6 is 0 Å². The first-order valence-electron chi connectivity index (χ1n) is 13.1. The predicted molar refractivity (Wildman–Crippen MR) is 150 cm³/mol. The minimum Gasteiger partial charge on any atom is -0.460 e. The molecule has 0 saturated carbocycles. The van der Waals surface area contributed by atoms with Crippen molar-refractivity contribution in [1.29, 1.82) is 0 Å². The summed E-state index contributed by atoms with van der Waals surface area (Å²) in [5.41, 5.74) is 4.17. The highest BCUT2D eigenvalue weighted by Gasteiger charge is 2.34. The lowest BCUT2D eigenvalue weighted by molar-refractivity contribution is -0.164. The van der Waals surface area contributed by atoms with E-state index in [4.69, 9.17) is 9.47 Å². The van der Waals surface area contributed by atoms with Crippen molar-refractivity contribution in [1.82, 2.24) is 0 Å². The van der Waals surface area contributed by atoms with Crippen LogP contribution in [0.1, 0.15) is 51.4 Å². The zero-order valence-corrected chi connectivity index (χ0v) is 22.0. The summed E-state index contributed by atoms with van der Waals surface area (Å²) in [5.74, 6) is -2.97. The maximum Gasteiger partial charge on any atom is 0.320 e. The summed E-state index contributed by atoms with van der Waals surface area (Å²) in [7, 11) is 0. The molecule has 0 heterocycles. The first-order valence-corrected chi connectivity index (χ1v) is 13.1. The molecule has 198 valence electrons. The van der Waals surface area contributed by atoms with Crippen LogP contribution in [0.5, 0.6) is 0 Å². The molecule has 1 unspecified atom stereocenters. The van der Waals surface area contributed by atoms with E-state index in [2.05, 4.69) is 0 Å². The van der Waals surface area contributed by atoms with Gasteiger partial charge in [0.25, 0.3) is 0 Å². The van der Waals surface area contributed by atoms with E-state index in [9.17, 15) is 14.4 Å². The van der Waals surface area contributed by atoms with Gasteiger partial charge in [0.2, 0.25) is 0 Å². The van der Waals surface area contributed by atoms with Gasteiger partial charge in [-0.1, -0.05) is 121 Å². The first-order chi connectivity index (χ1) is 19.0. The van der Waals surface area contributed by atoms with Gasteiger partial charge in [-0.15, -0.1) is 0 Å². The molecule has 0 amide bonds. The number of rotatable bonds is 12. The van der Waals surface area contributed by atoms with Crippen LogP contribution in [0.4, 0.5) is 0 Å². The second kappa shape index (κ2) is 13.9. The third-order valence-electron chi connectivity index (χ3n) is 6.61. The zero-order valence-electron chi connectivity index (χ0n) is 22.0. The molecule has 0 aliphatic rings. The molecule has 0 aliphatic carbocycles. The Kier molecular flexibility index (Phi) is 9.79. The van der Waals surface area contributed by atoms with Gasteiger partial charge in [0.05, 0.1) is 0 Å². The van der Waals surface area contributed by atoms with E-state index in [-0.39, 0.29) is 31.8 Å². The van der Waals surface area contributed by atoms with Gasteiger partial charge in [0, 0.05) is 12.0 Å². The normalized spacial score (nSPS) is 11.5. The number of esters is 2. The topological polar surface area (TPSA) is 69.7 Å². The summed E-state index contributed by atoms with van der Waals surface area (Å²) >= 11 is 0. The minimum absolute atomic E-state index is 0.0419. The summed E-state index contributed by atoms with van der Waals surface area (Å²) < 4.78 is 11.2. The van der Waals surface area contributed by atoms with Crippen LogP contribution in [0.15, 0.2) is 115 Å². The van der Waals surface area contributed by atoms with Crippen molar-refractivity contribution in [3.05, 3.63) is 143 Å². The van der Waals surface area contributed by atoms with Gasteiger partial charge in [-0.05, 0) is 36.0 Å². The Hall–Kier alpha value is -4.51. The van der Waals surface area contributed by atoms with Crippen molar-refractivity contribution in [2.75, 3.05) is 0 Å². The number of Topliss-reactive ketones (excluding diaryl/α,β-unsaturated/α-hetero) is 1. The molecule has 0 bridgehead atoms. The molecule has 5 nitrogen and oxygen atoms in total. The van der Waals surface area contributed by atoms with Gasteiger partial charge in [0.15, 0.2) is 11.7 Å². The van der Waals surface area contributed by atoms with Gasteiger partial charge >= 0.3 is 11.9 Å².